The minimum atomic E-state index is -1.37. The van der Waals surface area contributed by atoms with Crippen LogP contribution in [0.15, 0.2) is 30.3 Å². The van der Waals surface area contributed by atoms with Gasteiger partial charge in [0.2, 0.25) is 11.8 Å². The molecule has 0 radical (unpaired) electrons. The number of nitrogens with zero attached hydrogens (tertiary/aromatic N) is 1. The third-order valence-corrected chi connectivity index (χ3v) is 5.46. The van der Waals surface area contributed by atoms with Gasteiger partial charge in [0, 0.05) is 6.92 Å². The van der Waals surface area contributed by atoms with Gasteiger partial charge in [-0.25, -0.2) is 0 Å². The van der Waals surface area contributed by atoms with Gasteiger partial charge in [-0.05, 0) is 5.56 Å². The van der Waals surface area contributed by atoms with Gasteiger partial charge in [-0.1, -0.05) is 30.3 Å². The molecule has 2 unspecified atom stereocenters. The highest BCUT2D eigenvalue weighted by Crippen LogP contribution is 2.55. The van der Waals surface area contributed by atoms with E-state index in [0.717, 1.165) is 0 Å². The topological polar surface area (TPSA) is 86.7 Å². The molecule has 3 atom stereocenters. The Kier molecular flexibility index (Phi) is 3.16. The van der Waals surface area contributed by atoms with E-state index in [1.54, 1.807) is 30.3 Å². The zero-order chi connectivity index (χ0) is 15.2. The van der Waals surface area contributed by atoms with Crippen LogP contribution in [0.4, 0.5) is 0 Å². The zero-order valence-corrected chi connectivity index (χ0v) is 12.1. The summed E-state index contributed by atoms with van der Waals surface area (Å²) >= 11 is 1.21. The number of hydrogen-bond donors (Lipinski definition) is 2. The van der Waals surface area contributed by atoms with Crippen LogP contribution in [0.2, 0.25) is 0 Å². The molecule has 1 aromatic rings. The van der Waals surface area contributed by atoms with Gasteiger partial charge in [0.15, 0.2) is 4.75 Å². The lowest BCUT2D eigenvalue weighted by atomic mass is 9.92. The first kappa shape index (κ1) is 13.9. The number of benzene rings is 1. The van der Waals surface area contributed by atoms with Gasteiger partial charge in [-0.15, -0.1) is 11.8 Å². The number of thioether (sulfide) groups is 1. The summed E-state index contributed by atoms with van der Waals surface area (Å²) in [6, 6.07) is 8.73. The standard InChI is InChI=1S/C14H14N2O4S/c1-8(17)15-12-14(13(19)20,9-5-3-2-4-6-9)21-11-7-10(18)16(11)12/h2-6,11-12H,7H2,1H3,(H,15,17)(H,19,20)/t11-,12?,14?/m1/s1. The van der Waals surface area contributed by atoms with Gasteiger partial charge in [-0.3, -0.25) is 14.4 Å². The first-order valence-corrected chi connectivity index (χ1v) is 7.40. The zero-order valence-electron chi connectivity index (χ0n) is 11.3. The predicted octanol–water partition coefficient (Wildman–Crippen LogP) is 0.734. The normalized spacial score (nSPS) is 30.5. The first-order valence-electron chi connectivity index (χ1n) is 6.52. The molecule has 0 spiro atoms. The van der Waals surface area contributed by atoms with Crippen LogP contribution >= 0.6 is 11.8 Å². The number of carbonyl (C=O) groups excluding carboxylic acids is 2. The summed E-state index contributed by atoms with van der Waals surface area (Å²) in [5, 5.41) is 12.3. The lowest BCUT2D eigenvalue weighted by Crippen LogP contribution is -2.62. The maximum Gasteiger partial charge on any atom is 0.328 e. The highest BCUT2D eigenvalue weighted by atomic mass is 32.2. The van der Waals surface area contributed by atoms with Crippen molar-refractivity contribution in [3.63, 3.8) is 0 Å². The van der Waals surface area contributed by atoms with Crippen molar-refractivity contribution >= 4 is 29.5 Å². The van der Waals surface area contributed by atoms with Crippen LogP contribution in [-0.4, -0.2) is 39.3 Å². The quantitative estimate of drug-likeness (QED) is 0.804. The number of carboxylic acid groups (broad SMARTS) is 1. The van der Waals surface area contributed by atoms with Gasteiger partial charge in [-0.2, -0.15) is 0 Å². The molecule has 6 nitrogen and oxygen atoms in total. The van der Waals surface area contributed by atoms with Crippen molar-refractivity contribution < 1.29 is 19.5 Å². The molecule has 21 heavy (non-hydrogen) atoms. The molecule has 3 rings (SSSR count). The Hall–Kier alpha value is -2.02. The monoisotopic (exact) mass is 306 g/mol. The second-order valence-electron chi connectivity index (χ2n) is 5.09. The minimum absolute atomic E-state index is 0.134. The number of fused-ring (bicyclic) bond motifs is 1. The van der Waals surface area contributed by atoms with Gasteiger partial charge in [0.05, 0.1) is 11.8 Å². The van der Waals surface area contributed by atoms with E-state index in [0.29, 0.717) is 12.0 Å². The van der Waals surface area contributed by atoms with Crippen LogP contribution in [0.1, 0.15) is 18.9 Å². The average molecular weight is 306 g/mol. The van der Waals surface area contributed by atoms with Crippen LogP contribution in [0.25, 0.3) is 0 Å². The molecule has 2 amide bonds. The van der Waals surface area contributed by atoms with Gasteiger partial charge in [0.1, 0.15) is 6.17 Å². The second-order valence-corrected chi connectivity index (χ2v) is 6.51. The van der Waals surface area contributed by atoms with Crippen LogP contribution in [0, 0.1) is 0 Å². The summed E-state index contributed by atoms with van der Waals surface area (Å²) in [5.41, 5.74) is 0.573. The smallest absolute Gasteiger partial charge is 0.328 e. The summed E-state index contributed by atoms with van der Waals surface area (Å²) in [6.07, 6.45) is -0.561. The second kappa shape index (κ2) is 4.77. The Morgan fingerprint density at radius 3 is 2.57 bits per heavy atom. The largest absolute Gasteiger partial charge is 0.480 e. The Morgan fingerprint density at radius 2 is 2.05 bits per heavy atom. The van der Waals surface area contributed by atoms with Gasteiger partial charge < -0.3 is 15.3 Å². The number of hydrogen-bond acceptors (Lipinski definition) is 4. The molecule has 0 saturated carbocycles. The summed E-state index contributed by atoms with van der Waals surface area (Å²) in [7, 11) is 0. The van der Waals surface area contributed by atoms with Crippen molar-refractivity contribution in [2.45, 2.75) is 29.6 Å². The Balaban J connectivity index is 2.11. The molecule has 0 aromatic heterocycles. The van der Waals surface area contributed by atoms with Crippen molar-refractivity contribution in [1.82, 2.24) is 10.2 Å². The van der Waals surface area contributed by atoms with E-state index in [4.69, 9.17) is 0 Å². The molecule has 2 saturated heterocycles. The summed E-state index contributed by atoms with van der Waals surface area (Å²) in [4.78, 5) is 36.8. The Bertz CT molecular complexity index is 621. The molecule has 2 heterocycles. The fraction of sp³-hybridized carbons (Fsp3) is 0.357. The van der Waals surface area contributed by atoms with Crippen molar-refractivity contribution in [3.05, 3.63) is 35.9 Å². The SMILES string of the molecule is CC(=O)NC1N2C(=O)C[C@H]2SC1(C(=O)O)c1ccccc1. The fourth-order valence-corrected chi connectivity index (χ4v) is 4.53. The average Bonchev–Trinajstić information content (AvgIpc) is 2.68. The van der Waals surface area contributed by atoms with Gasteiger partial charge in [0.25, 0.3) is 0 Å². The number of rotatable bonds is 3. The van der Waals surface area contributed by atoms with E-state index < -0.39 is 16.9 Å². The van der Waals surface area contributed by atoms with Crippen molar-refractivity contribution in [3.8, 4) is 0 Å². The van der Waals surface area contributed by atoms with Crippen LogP contribution < -0.4 is 5.32 Å². The molecule has 2 fully saturated rings. The maximum atomic E-state index is 12.0. The van der Waals surface area contributed by atoms with E-state index in [9.17, 15) is 19.5 Å². The number of carbonyl (C=O) groups is 3. The molecule has 110 valence electrons. The lowest BCUT2D eigenvalue weighted by molar-refractivity contribution is -0.150. The number of carboxylic acids is 1. The number of nitrogens with one attached hydrogen (secondary N) is 1. The first-order chi connectivity index (χ1) is 9.96. The highest BCUT2D eigenvalue weighted by molar-refractivity contribution is 8.02. The van der Waals surface area contributed by atoms with Crippen molar-refractivity contribution in [2.75, 3.05) is 0 Å². The minimum Gasteiger partial charge on any atom is -0.480 e. The summed E-state index contributed by atoms with van der Waals surface area (Å²) in [6.45, 7) is 1.32. The molecular formula is C14H14N2O4S. The van der Waals surface area contributed by atoms with Crippen molar-refractivity contribution in [1.29, 1.82) is 0 Å². The maximum absolute atomic E-state index is 12.0. The molecule has 7 heteroatoms. The predicted molar refractivity (Wildman–Crippen MR) is 76.2 cm³/mol. The Morgan fingerprint density at radius 1 is 1.38 bits per heavy atom. The summed E-state index contributed by atoms with van der Waals surface area (Å²) < 4.78 is -1.37. The Labute approximate surface area is 125 Å². The molecule has 2 aliphatic rings. The highest BCUT2D eigenvalue weighted by Gasteiger charge is 2.64. The fourth-order valence-electron chi connectivity index (χ4n) is 2.85. The van der Waals surface area contributed by atoms with Crippen LogP contribution in [-0.2, 0) is 19.1 Å². The third-order valence-electron chi connectivity index (χ3n) is 3.79. The number of amides is 2. The van der Waals surface area contributed by atoms with Crippen molar-refractivity contribution in [2.24, 2.45) is 0 Å². The van der Waals surface area contributed by atoms with Crippen LogP contribution in [0.5, 0.6) is 0 Å². The lowest BCUT2D eigenvalue weighted by Gasteiger charge is -2.39. The number of aliphatic carboxylic acids is 1. The molecule has 2 N–H and O–H groups in total. The molecule has 0 bridgehead atoms. The molecule has 2 aliphatic heterocycles. The van der Waals surface area contributed by atoms with E-state index in [-0.39, 0.29) is 17.2 Å². The van der Waals surface area contributed by atoms with E-state index in [2.05, 4.69) is 5.32 Å². The van der Waals surface area contributed by atoms with E-state index in [1.165, 1.54) is 23.6 Å². The summed E-state index contributed by atoms with van der Waals surface area (Å²) in [5.74, 6) is -1.55. The molecule has 0 aliphatic carbocycles. The molecular weight excluding hydrogens is 292 g/mol. The van der Waals surface area contributed by atoms with Gasteiger partial charge >= 0.3 is 5.97 Å². The van der Waals surface area contributed by atoms with E-state index >= 15 is 0 Å². The number of β-lactam (4-membered cyclic amide) rings is 1. The van der Waals surface area contributed by atoms with E-state index in [1.807, 2.05) is 0 Å². The van der Waals surface area contributed by atoms with Crippen LogP contribution in [0.3, 0.4) is 0 Å². The third kappa shape index (κ3) is 1.91. The molecule has 1 aromatic carbocycles.